The molecule has 8 nitrogen and oxygen atoms in total. The molecular formula is C54H46O8S2. The van der Waals surface area contributed by atoms with E-state index in [1.54, 1.807) is 72.8 Å². The number of hydrogen-bond donors (Lipinski definition) is 0. The Morgan fingerprint density at radius 3 is 1.09 bits per heavy atom. The summed E-state index contributed by atoms with van der Waals surface area (Å²) in [4.78, 5) is 0.689. The first-order chi connectivity index (χ1) is 30.8. The molecule has 322 valence electrons. The number of ether oxygens (including phenoxy) is 4. The fourth-order valence-corrected chi connectivity index (χ4v) is 9.66. The van der Waals surface area contributed by atoms with Crippen LogP contribution in [-0.4, -0.2) is 23.9 Å². The zero-order valence-electron chi connectivity index (χ0n) is 35.8. The highest BCUT2D eigenvalue weighted by atomic mass is 32.2. The number of rotatable bonds is 15. The Hall–Kier alpha value is -7.14. The predicted molar refractivity (Wildman–Crippen MR) is 249 cm³/mol. The van der Waals surface area contributed by atoms with Gasteiger partial charge in [0.15, 0.2) is 0 Å². The summed E-state index contributed by atoms with van der Waals surface area (Å²) >= 11 is 0. The van der Waals surface area contributed by atoms with Gasteiger partial charge in [-0.25, -0.2) is 16.8 Å². The van der Waals surface area contributed by atoms with Crippen LogP contribution in [0.4, 0.5) is 0 Å². The van der Waals surface area contributed by atoms with E-state index in [9.17, 15) is 16.8 Å². The van der Waals surface area contributed by atoms with E-state index < -0.39 is 19.7 Å². The van der Waals surface area contributed by atoms with Crippen molar-refractivity contribution in [3.8, 4) is 45.6 Å². The molecule has 8 aromatic carbocycles. The van der Waals surface area contributed by atoms with E-state index in [-0.39, 0.29) is 25.0 Å². The average Bonchev–Trinajstić information content (AvgIpc) is 3.32. The monoisotopic (exact) mass is 886 g/mol. The van der Waals surface area contributed by atoms with Crippen molar-refractivity contribution in [3.63, 3.8) is 0 Å². The van der Waals surface area contributed by atoms with Crippen molar-refractivity contribution in [2.24, 2.45) is 0 Å². The fraction of sp³-hybridized carbons (Fsp3) is 0.111. The minimum Gasteiger partial charge on any atom is -0.497 e. The molecule has 0 amide bonds. The molecule has 0 aliphatic heterocycles. The van der Waals surface area contributed by atoms with Crippen LogP contribution in [0.25, 0.3) is 11.1 Å². The van der Waals surface area contributed by atoms with E-state index in [0.29, 0.717) is 41.1 Å². The lowest BCUT2D eigenvalue weighted by Crippen LogP contribution is -2.18. The summed E-state index contributed by atoms with van der Waals surface area (Å²) in [6.07, 6.45) is 0. The van der Waals surface area contributed by atoms with Crippen molar-refractivity contribution in [2.45, 2.75) is 52.4 Å². The Bertz CT molecular complexity index is 3060. The van der Waals surface area contributed by atoms with Crippen LogP contribution >= 0.6 is 0 Å². The summed E-state index contributed by atoms with van der Waals surface area (Å²) in [6, 6.07) is 57.7. The topological polar surface area (TPSA) is 105 Å². The van der Waals surface area contributed by atoms with E-state index in [2.05, 4.69) is 57.2 Å². The molecule has 0 saturated carbocycles. The van der Waals surface area contributed by atoms with Gasteiger partial charge in [-0.1, -0.05) is 92.2 Å². The zero-order chi connectivity index (χ0) is 44.9. The minimum atomic E-state index is -3.77. The van der Waals surface area contributed by atoms with Crippen LogP contribution in [-0.2, 0) is 31.7 Å². The number of methoxy groups -OCH3 is 1. The highest BCUT2D eigenvalue weighted by Crippen LogP contribution is 2.35. The highest BCUT2D eigenvalue weighted by Gasteiger charge is 2.24. The average molecular weight is 887 g/mol. The van der Waals surface area contributed by atoms with Gasteiger partial charge in [-0.15, -0.1) is 0 Å². The molecule has 0 aliphatic rings. The van der Waals surface area contributed by atoms with Crippen molar-refractivity contribution in [3.05, 3.63) is 216 Å². The maximum atomic E-state index is 13.5. The summed E-state index contributed by atoms with van der Waals surface area (Å²) in [5.74, 6) is 3.47. The van der Waals surface area contributed by atoms with Crippen LogP contribution < -0.4 is 18.9 Å². The maximum absolute atomic E-state index is 13.5. The molecule has 0 atom stereocenters. The maximum Gasteiger partial charge on any atom is 0.206 e. The number of hydrogen-bond acceptors (Lipinski definition) is 8. The molecule has 0 unspecified atom stereocenters. The number of benzene rings is 8. The first-order valence-electron chi connectivity index (χ1n) is 20.6. The molecule has 0 aliphatic carbocycles. The van der Waals surface area contributed by atoms with E-state index in [1.807, 2.05) is 60.7 Å². The van der Waals surface area contributed by atoms with Crippen LogP contribution in [0.1, 0.15) is 36.1 Å². The van der Waals surface area contributed by atoms with Gasteiger partial charge in [-0.3, -0.25) is 0 Å². The Balaban J connectivity index is 0.830. The van der Waals surface area contributed by atoms with Crippen molar-refractivity contribution in [1.29, 1.82) is 0 Å². The van der Waals surface area contributed by atoms with Gasteiger partial charge in [0.2, 0.25) is 19.7 Å². The van der Waals surface area contributed by atoms with E-state index in [4.69, 9.17) is 18.9 Å². The van der Waals surface area contributed by atoms with Gasteiger partial charge >= 0.3 is 0 Å². The van der Waals surface area contributed by atoms with Gasteiger partial charge in [0.05, 0.1) is 26.7 Å². The number of aryl methyl sites for hydroxylation is 1. The molecular weight excluding hydrogens is 841 g/mol. The summed E-state index contributed by atoms with van der Waals surface area (Å²) < 4.78 is 76.4. The molecule has 0 spiro atoms. The van der Waals surface area contributed by atoms with Crippen LogP contribution in [0.3, 0.4) is 0 Å². The van der Waals surface area contributed by atoms with Crippen molar-refractivity contribution in [2.75, 3.05) is 7.11 Å². The minimum absolute atomic E-state index is 0.166. The standard InChI is InChI=1S/C54H46O8S2/c1-38-5-9-40(10-6-38)41-11-17-46(18-12-41)61-48-25-33-53(34-26-48)64(57,58)51-31-23-45(24-32-51)60-37-39-7-13-42(14-8-39)54(2,3)43-15-19-47(20-16-43)62-49-27-35-52(36-28-49)63(55,56)50-29-21-44(59-4)22-30-50/h5-36H,37H2,1-4H3. The highest BCUT2D eigenvalue weighted by molar-refractivity contribution is 7.91. The lowest BCUT2D eigenvalue weighted by Gasteiger charge is -2.26. The second kappa shape index (κ2) is 18.3. The van der Waals surface area contributed by atoms with Crippen molar-refractivity contribution in [1.82, 2.24) is 0 Å². The third-order valence-electron chi connectivity index (χ3n) is 11.1. The second-order valence-electron chi connectivity index (χ2n) is 15.8. The molecule has 8 rings (SSSR count). The molecule has 0 heterocycles. The van der Waals surface area contributed by atoms with Crippen LogP contribution in [0, 0.1) is 6.92 Å². The van der Waals surface area contributed by atoms with Crippen LogP contribution in [0.15, 0.2) is 214 Å². The summed E-state index contributed by atoms with van der Waals surface area (Å²) in [7, 11) is -5.92. The van der Waals surface area contributed by atoms with E-state index in [1.165, 1.54) is 36.9 Å². The SMILES string of the molecule is COc1ccc(S(=O)(=O)c2ccc(Oc3ccc(C(C)(C)c4ccc(COc5ccc(S(=O)(=O)c6ccc(Oc7ccc(-c8ccc(C)cc8)cc7)cc6)cc5)cc4)cc3)cc2)cc1. The van der Waals surface area contributed by atoms with Crippen LogP contribution in [0.5, 0.6) is 34.5 Å². The fourth-order valence-electron chi connectivity index (χ4n) is 7.14. The van der Waals surface area contributed by atoms with E-state index >= 15 is 0 Å². The first kappa shape index (κ1) is 43.5. The molecule has 0 bridgehead atoms. The summed E-state index contributed by atoms with van der Waals surface area (Å²) in [6.45, 7) is 6.68. The Morgan fingerprint density at radius 1 is 0.391 bits per heavy atom. The zero-order valence-corrected chi connectivity index (χ0v) is 37.4. The van der Waals surface area contributed by atoms with Gasteiger partial charge in [0.1, 0.15) is 41.1 Å². The molecule has 10 heteroatoms. The van der Waals surface area contributed by atoms with Gasteiger partial charge < -0.3 is 18.9 Å². The van der Waals surface area contributed by atoms with Crippen molar-refractivity contribution < 1.29 is 35.8 Å². The molecule has 0 aromatic heterocycles. The molecule has 64 heavy (non-hydrogen) atoms. The molecule has 0 radical (unpaired) electrons. The number of sulfone groups is 2. The largest absolute Gasteiger partial charge is 0.497 e. The van der Waals surface area contributed by atoms with Crippen LogP contribution in [0.2, 0.25) is 0 Å². The first-order valence-corrected chi connectivity index (χ1v) is 23.5. The third kappa shape index (κ3) is 9.73. The lowest BCUT2D eigenvalue weighted by atomic mass is 9.78. The van der Waals surface area contributed by atoms with Gasteiger partial charge in [0.25, 0.3) is 0 Å². The smallest absolute Gasteiger partial charge is 0.206 e. The van der Waals surface area contributed by atoms with Crippen molar-refractivity contribution >= 4 is 19.7 Å². The van der Waals surface area contributed by atoms with Gasteiger partial charge in [-0.2, -0.15) is 0 Å². The van der Waals surface area contributed by atoms with Gasteiger partial charge in [-0.05, 0) is 156 Å². The van der Waals surface area contributed by atoms with Gasteiger partial charge in [0, 0.05) is 5.41 Å². The lowest BCUT2D eigenvalue weighted by molar-refractivity contribution is 0.306. The Kier molecular flexibility index (Phi) is 12.4. The molecule has 0 saturated heterocycles. The molecule has 0 N–H and O–H groups in total. The third-order valence-corrected chi connectivity index (χ3v) is 14.7. The Labute approximate surface area is 375 Å². The Morgan fingerprint density at radius 2 is 0.703 bits per heavy atom. The van der Waals surface area contributed by atoms with E-state index in [0.717, 1.165) is 27.8 Å². The second-order valence-corrected chi connectivity index (χ2v) is 19.7. The summed E-state index contributed by atoms with van der Waals surface area (Å²) in [5.41, 5.74) is 6.26. The predicted octanol–water partition coefficient (Wildman–Crippen LogP) is 12.8. The molecule has 0 fully saturated rings. The normalized spacial score (nSPS) is 11.8. The quantitative estimate of drug-likeness (QED) is 0.100. The summed E-state index contributed by atoms with van der Waals surface area (Å²) in [5, 5.41) is 0. The molecule has 8 aromatic rings.